The molecule has 0 saturated carbocycles. The van der Waals surface area contributed by atoms with Gasteiger partial charge in [-0.05, 0) is 43.3 Å². The average Bonchev–Trinajstić information content (AvgIpc) is 2.61. The zero-order valence-electron chi connectivity index (χ0n) is 14.1. The monoisotopic (exact) mass is 355 g/mol. The predicted molar refractivity (Wildman–Crippen MR) is 98.8 cm³/mol. The summed E-state index contributed by atoms with van der Waals surface area (Å²) < 4.78 is 5.01. The fraction of sp³-hybridized carbons (Fsp3) is 0.211. The van der Waals surface area contributed by atoms with Gasteiger partial charge in [-0.1, -0.05) is 23.7 Å². The number of aryl methyl sites for hydroxylation is 1. The summed E-state index contributed by atoms with van der Waals surface area (Å²) in [7, 11) is 1.50. The van der Waals surface area contributed by atoms with Gasteiger partial charge in [0.05, 0.1) is 29.0 Å². The third kappa shape index (κ3) is 3.95. The van der Waals surface area contributed by atoms with Gasteiger partial charge in [-0.15, -0.1) is 0 Å². The lowest BCUT2D eigenvalue weighted by atomic mass is 10.2. The van der Waals surface area contributed by atoms with Crippen molar-refractivity contribution in [3.05, 3.63) is 64.9 Å². The van der Waals surface area contributed by atoms with Crippen molar-refractivity contribution in [2.75, 3.05) is 18.6 Å². The Morgan fingerprint density at radius 1 is 1.08 bits per heavy atom. The number of carbonyl (C=O) groups is 1. The fourth-order valence-corrected chi connectivity index (χ4v) is 2.70. The number of nitrogens with zero attached hydrogens (tertiary/aromatic N) is 3. The molecule has 3 rings (SSSR count). The van der Waals surface area contributed by atoms with Crippen LogP contribution in [-0.2, 0) is 16.1 Å². The second kappa shape index (κ2) is 7.59. The molecule has 0 aliphatic heterocycles. The summed E-state index contributed by atoms with van der Waals surface area (Å²) in [5, 5.41) is 0.615. The first kappa shape index (κ1) is 17.3. The Labute approximate surface area is 151 Å². The number of amides is 1. The predicted octanol–water partition coefficient (Wildman–Crippen LogP) is 3.77. The molecule has 0 atom stereocenters. The summed E-state index contributed by atoms with van der Waals surface area (Å²) >= 11 is 5.96. The van der Waals surface area contributed by atoms with Gasteiger partial charge in [0.2, 0.25) is 0 Å². The highest BCUT2D eigenvalue weighted by atomic mass is 35.5. The van der Waals surface area contributed by atoms with Gasteiger partial charge in [0.1, 0.15) is 6.61 Å². The Hall–Kier alpha value is -2.50. The first-order valence-electron chi connectivity index (χ1n) is 7.85. The first-order valence-corrected chi connectivity index (χ1v) is 8.23. The second-order valence-electron chi connectivity index (χ2n) is 5.63. The average molecular weight is 356 g/mol. The second-order valence-corrected chi connectivity index (χ2v) is 6.07. The summed E-state index contributed by atoms with van der Waals surface area (Å²) in [6.45, 7) is 2.20. The molecule has 5 nitrogen and oxygen atoms in total. The van der Waals surface area contributed by atoms with Crippen molar-refractivity contribution in [2.24, 2.45) is 0 Å². The molecule has 0 saturated heterocycles. The zero-order chi connectivity index (χ0) is 17.8. The largest absolute Gasteiger partial charge is 0.375 e. The standard InChI is InChI=1S/C19H18ClN3O2/c1-13-18(22-17-6-4-3-5-16(17)21-13)11-23(19(24)12-25-2)15-9-7-14(20)8-10-15/h3-10H,11-12H2,1-2H3. The Kier molecular flexibility index (Phi) is 5.26. The van der Waals surface area contributed by atoms with Gasteiger partial charge in [0, 0.05) is 17.8 Å². The van der Waals surface area contributed by atoms with Crippen LogP contribution < -0.4 is 4.90 Å². The molecule has 25 heavy (non-hydrogen) atoms. The van der Waals surface area contributed by atoms with Crippen LogP contribution in [0.3, 0.4) is 0 Å². The third-order valence-corrected chi connectivity index (χ3v) is 4.11. The van der Waals surface area contributed by atoms with Gasteiger partial charge < -0.3 is 9.64 Å². The van der Waals surface area contributed by atoms with Crippen molar-refractivity contribution in [1.82, 2.24) is 9.97 Å². The van der Waals surface area contributed by atoms with E-state index in [-0.39, 0.29) is 12.5 Å². The van der Waals surface area contributed by atoms with Gasteiger partial charge in [0.25, 0.3) is 5.91 Å². The van der Waals surface area contributed by atoms with Crippen molar-refractivity contribution in [1.29, 1.82) is 0 Å². The molecule has 0 N–H and O–H groups in total. The molecule has 0 spiro atoms. The first-order chi connectivity index (χ1) is 12.1. The molecule has 0 unspecified atom stereocenters. The Balaban J connectivity index is 1.98. The SMILES string of the molecule is COCC(=O)N(Cc1nc2ccccc2nc1C)c1ccc(Cl)cc1. The molecule has 3 aromatic rings. The lowest BCUT2D eigenvalue weighted by molar-refractivity contribution is -0.122. The van der Waals surface area contributed by atoms with E-state index in [1.54, 1.807) is 29.2 Å². The van der Waals surface area contributed by atoms with Crippen LogP contribution in [0.25, 0.3) is 11.0 Å². The van der Waals surface area contributed by atoms with E-state index >= 15 is 0 Å². The molecule has 128 valence electrons. The quantitative estimate of drug-likeness (QED) is 0.699. The van der Waals surface area contributed by atoms with E-state index in [9.17, 15) is 4.79 Å². The van der Waals surface area contributed by atoms with Crippen LogP contribution in [0.5, 0.6) is 0 Å². The van der Waals surface area contributed by atoms with Crippen LogP contribution in [0.2, 0.25) is 5.02 Å². The molecule has 0 radical (unpaired) electrons. The number of para-hydroxylation sites is 2. The van der Waals surface area contributed by atoms with Crippen LogP contribution in [-0.4, -0.2) is 29.6 Å². The van der Waals surface area contributed by atoms with Crippen molar-refractivity contribution in [3.8, 4) is 0 Å². The van der Waals surface area contributed by atoms with Gasteiger partial charge in [-0.3, -0.25) is 4.79 Å². The maximum atomic E-state index is 12.5. The molecule has 2 aromatic carbocycles. The summed E-state index contributed by atoms with van der Waals surface area (Å²) in [5.41, 5.74) is 3.92. The minimum Gasteiger partial charge on any atom is -0.375 e. The van der Waals surface area contributed by atoms with E-state index in [0.29, 0.717) is 11.6 Å². The zero-order valence-corrected chi connectivity index (χ0v) is 14.8. The number of hydrogen-bond acceptors (Lipinski definition) is 4. The molecule has 0 bridgehead atoms. The Morgan fingerprint density at radius 3 is 2.36 bits per heavy atom. The van der Waals surface area contributed by atoms with Gasteiger partial charge in [-0.25, -0.2) is 9.97 Å². The maximum Gasteiger partial charge on any atom is 0.253 e. The van der Waals surface area contributed by atoms with Gasteiger partial charge in [-0.2, -0.15) is 0 Å². The molecule has 1 aromatic heterocycles. The van der Waals surface area contributed by atoms with Crippen LogP contribution in [0.1, 0.15) is 11.4 Å². The fourth-order valence-electron chi connectivity index (χ4n) is 2.57. The van der Waals surface area contributed by atoms with Crippen molar-refractivity contribution in [3.63, 3.8) is 0 Å². The molecule has 0 aliphatic rings. The summed E-state index contributed by atoms with van der Waals surface area (Å²) in [6, 6.07) is 14.8. The molecular weight excluding hydrogens is 338 g/mol. The van der Waals surface area contributed by atoms with E-state index in [0.717, 1.165) is 28.1 Å². The lowest BCUT2D eigenvalue weighted by Gasteiger charge is -2.23. The van der Waals surface area contributed by atoms with Crippen LogP contribution in [0, 0.1) is 6.92 Å². The van der Waals surface area contributed by atoms with Crippen molar-refractivity contribution in [2.45, 2.75) is 13.5 Å². The van der Waals surface area contributed by atoms with E-state index in [1.807, 2.05) is 31.2 Å². The number of anilines is 1. The van der Waals surface area contributed by atoms with Crippen LogP contribution in [0.4, 0.5) is 5.69 Å². The molecule has 1 heterocycles. The van der Waals surface area contributed by atoms with Crippen LogP contribution in [0.15, 0.2) is 48.5 Å². The van der Waals surface area contributed by atoms with Gasteiger partial charge in [0.15, 0.2) is 0 Å². The van der Waals surface area contributed by atoms with E-state index < -0.39 is 0 Å². The van der Waals surface area contributed by atoms with Crippen LogP contribution >= 0.6 is 11.6 Å². The number of benzene rings is 2. The molecule has 0 aliphatic carbocycles. The number of fused-ring (bicyclic) bond motifs is 1. The van der Waals surface area contributed by atoms with Crippen molar-refractivity contribution >= 4 is 34.2 Å². The summed E-state index contributed by atoms with van der Waals surface area (Å²) in [4.78, 5) is 23.4. The number of ether oxygens (including phenoxy) is 1. The van der Waals surface area contributed by atoms with E-state index in [4.69, 9.17) is 16.3 Å². The van der Waals surface area contributed by atoms with Gasteiger partial charge >= 0.3 is 0 Å². The molecule has 1 amide bonds. The summed E-state index contributed by atoms with van der Waals surface area (Å²) in [5.74, 6) is -0.154. The molecule has 6 heteroatoms. The number of aromatic nitrogens is 2. The number of halogens is 1. The highest BCUT2D eigenvalue weighted by Gasteiger charge is 2.18. The lowest BCUT2D eigenvalue weighted by Crippen LogP contribution is -2.34. The number of hydrogen-bond donors (Lipinski definition) is 0. The third-order valence-electron chi connectivity index (χ3n) is 3.86. The minimum absolute atomic E-state index is 0.0112. The number of methoxy groups -OCH3 is 1. The maximum absolute atomic E-state index is 12.5. The van der Waals surface area contributed by atoms with E-state index in [1.165, 1.54) is 7.11 Å². The van der Waals surface area contributed by atoms with E-state index in [2.05, 4.69) is 9.97 Å². The highest BCUT2D eigenvalue weighted by Crippen LogP contribution is 2.22. The smallest absolute Gasteiger partial charge is 0.253 e. The van der Waals surface area contributed by atoms with Crippen molar-refractivity contribution < 1.29 is 9.53 Å². The molecular formula is C19H18ClN3O2. The number of rotatable bonds is 5. The topological polar surface area (TPSA) is 55.3 Å². The number of carbonyl (C=O) groups excluding carboxylic acids is 1. The minimum atomic E-state index is -0.154. The Morgan fingerprint density at radius 2 is 1.72 bits per heavy atom. The Bertz CT molecular complexity index is 897. The molecule has 0 fully saturated rings. The normalized spacial score (nSPS) is 10.8. The highest BCUT2D eigenvalue weighted by molar-refractivity contribution is 6.30. The summed E-state index contributed by atoms with van der Waals surface area (Å²) in [6.07, 6.45) is 0.